The maximum Gasteiger partial charge on any atom is 0.410 e. The molecule has 2 N–H and O–H groups in total. The van der Waals surface area contributed by atoms with Crippen LogP contribution in [0.15, 0.2) is 72.8 Å². The normalized spacial score (nSPS) is 12.0. The number of amides is 2. The zero-order valence-electron chi connectivity index (χ0n) is 22.2. The van der Waals surface area contributed by atoms with Gasteiger partial charge in [-0.2, -0.15) is 0 Å². The van der Waals surface area contributed by atoms with E-state index in [0.29, 0.717) is 25.9 Å². The number of carboxylic acids is 1. The molecule has 0 unspecified atom stereocenters. The molecule has 202 valence electrons. The average Bonchev–Trinajstić information content (AvgIpc) is 2.87. The molecule has 0 aliphatic rings. The van der Waals surface area contributed by atoms with Crippen molar-refractivity contribution in [2.45, 2.75) is 64.8 Å². The quantitative estimate of drug-likeness (QED) is 0.295. The highest BCUT2D eigenvalue weighted by Gasteiger charge is 2.24. The Bertz CT molecular complexity index is 1220. The zero-order valence-corrected chi connectivity index (χ0v) is 22.2. The van der Waals surface area contributed by atoms with Gasteiger partial charge in [0.25, 0.3) is 0 Å². The van der Waals surface area contributed by atoms with Crippen LogP contribution in [-0.4, -0.2) is 46.3 Å². The molecule has 0 saturated carbocycles. The van der Waals surface area contributed by atoms with Crippen LogP contribution in [0.25, 0.3) is 10.8 Å². The number of nitrogens with one attached hydrogen (secondary N) is 1. The highest BCUT2D eigenvalue weighted by atomic mass is 16.6. The largest absolute Gasteiger partial charge is 0.480 e. The molecule has 3 aromatic carbocycles. The first-order valence-corrected chi connectivity index (χ1v) is 12.8. The number of benzene rings is 3. The van der Waals surface area contributed by atoms with Gasteiger partial charge in [0.15, 0.2) is 0 Å². The molecule has 3 aromatic rings. The smallest absolute Gasteiger partial charge is 0.410 e. The highest BCUT2D eigenvalue weighted by molar-refractivity contribution is 5.83. The maximum absolute atomic E-state index is 12.9. The van der Waals surface area contributed by atoms with Crippen LogP contribution in [0.3, 0.4) is 0 Å². The summed E-state index contributed by atoms with van der Waals surface area (Å²) < 4.78 is 10.8. The van der Waals surface area contributed by atoms with Gasteiger partial charge in [-0.25, -0.2) is 14.4 Å². The van der Waals surface area contributed by atoms with Gasteiger partial charge in [0.1, 0.15) is 18.2 Å². The van der Waals surface area contributed by atoms with Crippen LogP contribution in [-0.2, 0) is 27.4 Å². The maximum atomic E-state index is 12.9. The monoisotopic (exact) mass is 520 g/mol. The van der Waals surface area contributed by atoms with Crippen LogP contribution in [0.1, 0.15) is 51.2 Å². The number of carbonyl (C=O) groups excluding carboxylic acids is 2. The number of hydrogen-bond donors (Lipinski definition) is 2. The number of fused-ring (bicyclic) bond motifs is 1. The van der Waals surface area contributed by atoms with Crippen LogP contribution < -0.4 is 5.32 Å². The predicted molar refractivity (Wildman–Crippen MR) is 146 cm³/mol. The topological polar surface area (TPSA) is 105 Å². The number of aliphatic carboxylic acids is 1. The molecule has 0 saturated heterocycles. The predicted octanol–water partition coefficient (Wildman–Crippen LogP) is 6.13. The van der Waals surface area contributed by atoms with Crippen molar-refractivity contribution in [1.82, 2.24) is 10.2 Å². The molecule has 0 radical (unpaired) electrons. The minimum atomic E-state index is -1.14. The zero-order chi connectivity index (χ0) is 27.5. The number of carbonyl (C=O) groups is 3. The van der Waals surface area contributed by atoms with Crippen molar-refractivity contribution in [2.75, 3.05) is 6.54 Å². The molecule has 0 aromatic heterocycles. The lowest BCUT2D eigenvalue weighted by Gasteiger charge is -2.28. The van der Waals surface area contributed by atoms with E-state index in [0.717, 1.165) is 21.9 Å². The lowest BCUT2D eigenvalue weighted by molar-refractivity contribution is -0.139. The van der Waals surface area contributed by atoms with E-state index >= 15 is 0 Å². The number of ether oxygens (including phenoxy) is 2. The number of nitrogens with zero attached hydrogens (tertiary/aromatic N) is 1. The van der Waals surface area contributed by atoms with Crippen molar-refractivity contribution in [3.8, 4) is 0 Å². The Balaban J connectivity index is 1.55. The number of carboxylic acid groups (broad SMARTS) is 1. The van der Waals surface area contributed by atoms with E-state index in [1.165, 1.54) is 0 Å². The first kappa shape index (κ1) is 28.5. The fourth-order valence-corrected chi connectivity index (χ4v) is 3.93. The van der Waals surface area contributed by atoms with E-state index in [4.69, 9.17) is 9.47 Å². The average molecular weight is 521 g/mol. The highest BCUT2D eigenvalue weighted by Crippen LogP contribution is 2.19. The molecule has 0 fully saturated rings. The summed E-state index contributed by atoms with van der Waals surface area (Å²) in [4.78, 5) is 38.4. The summed E-state index contributed by atoms with van der Waals surface area (Å²) in [5.74, 6) is -1.14. The standard InChI is InChI=1S/C30H36N2O6/c1-30(2,3)38-29(36)32(20-23-16-17-24-13-7-8-14-25(24)19-23)18-10-9-15-26(27(33)34)31-28(35)37-21-22-11-5-4-6-12-22/h4-8,11-14,16-17,19,26H,9-10,15,18,20-21H2,1-3H3,(H,31,35)(H,33,34)/t26-/m0/s1. The first-order chi connectivity index (χ1) is 18.1. The fraction of sp³-hybridized carbons (Fsp3) is 0.367. The molecule has 8 heteroatoms. The van der Waals surface area contributed by atoms with Gasteiger partial charge in [0.2, 0.25) is 0 Å². The minimum Gasteiger partial charge on any atom is -0.480 e. The lowest BCUT2D eigenvalue weighted by Crippen LogP contribution is -2.41. The molecule has 0 spiro atoms. The van der Waals surface area contributed by atoms with E-state index in [1.807, 2.05) is 87.5 Å². The summed E-state index contributed by atoms with van der Waals surface area (Å²) in [5.41, 5.74) is 1.14. The summed E-state index contributed by atoms with van der Waals surface area (Å²) >= 11 is 0. The minimum absolute atomic E-state index is 0.0542. The Morgan fingerprint density at radius 1 is 0.895 bits per heavy atom. The number of hydrogen-bond acceptors (Lipinski definition) is 5. The van der Waals surface area contributed by atoms with E-state index in [9.17, 15) is 19.5 Å². The van der Waals surface area contributed by atoms with Crippen molar-refractivity contribution in [2.24, 2.45) is 0 Å². The summed E-state index contributed by atoms with van der Waals surface area (Å²) in [6.07, 6.45) is 0.00840. The van der Waals surface area contributed by atoms with Crippen molar-refractivity contribution in [3.63, 3.8) is 0 Å². The molecule has 0 heterocycles. The second-order valence-corrected chi connectivity index (χ2v) is 10.2. The third-order valence-electron chi connectivity index (χ3n) is 5.81. The van der Waals surface area contributed by atoms with E-state index in [-0.39, 0.29) is 13.0 Å². The van der Waals surface area contributed by atoms with Crippen LogP contribution in [0, 0.1) is 0 Å². The van der Waals surface area contributed by atoms with Crippen molar-refractivity contribution < 1.29 is 29.0 Å². The van der Waals surface area contributed by atoms with Gasteiger partial charge in [-0.15, -0.1) is 0 Å². The molecular weight excluding hydrogens is 484 g/mol. The number of alkyl carbamates (subject to hydrolysis) is 1. The van der Waals surface area contributed by atoms with E-state index < -0.39 is 29.8 Å². The summed E-state index contributed by atoms with van der Waals surface area (Å²) in [7, 11) is 0. The van der Waals surface area contributed by atoms with Gasteiger partial charge in [-0.05, 0) is 68.0 Å². The summed E-state index contributed by atoms with van der Waals surface area (Å²) in [5, 5.41) is 14.2. The molecule has 8 nitrogen and oxygen atoms in total. The second-order valence-electron chi connectivity index (χ2n) is 10.2. The molecule has 38 heavy (non-hydrogen) atoms. The third-order valence-corrected chi connectivity index (χ3v) is 5.81. The van der Waals surface area contributed by atoms with E-state index in [2.05, 4.69) is 11.4 Å². The Kier molecular flexibility index (Phi) is 10.1. The Morgan fingerprint density at radius 3 is 2.26 bits per heavy atom. The number of rotatable bonds is 11. The first-order valence-electron chi connectivity index (χ1n) is 12.8. The molecule has 0 bridgehead atoms. The molecule has 0 aliphatic heterocycles. The van der Waals surface area contributed by atoms with Crippen LogP contribution in [0.2, 0.25) is 0 Å². The molecule has 1 atom stereocenters. The van der Waals surface area contributed by atoms with Gasteiger partial charge >= 0.3 is 18.2 Å². The summed E-state index contributed by atoms with van der Waals surface area (Å²) in [6, 6.07) is 22.2. The molecular formula is C30H36N2O6. The third kappa shape index (κ3) is 9.42. The fourth-order valence-electron chi connectivity index (χ4n) is 3.93. The van der Waals surface area contributed by atoms with Gasteiger partial charge in [0.05, 0.1) is 0 Å². The van der Waals surface area contributed by atoms with Gasteiger partial charge < -0.3 is 24.8 Å². The second kappa shape index (κ2) is 13.5. The lowest BCUT2D eigenvalue weighted by atomic mass is 10.1. The molecule has 3 rings (SSSR count). The van der Waals surface area contributed by atoms with Crippen molar-refractivity contribution >= 4 is 28.9 Å². The van der Waals surface area contributed by atoms with E-state index in [1.54, 1.807) is 4.90 Å². The van der Waals surface area contributed by atoms with Crippen molar-refractivity contribution in [1.29, 1.82) is 0 Å². The number of unbranched alkanes of at least 4 members (excludes halogenated alkanes) is 1. The van der Waals surface area contributed by atoms with Crippen LogP contribution in [0.5, 0.6) is 0 Å². The Morgan fingerprint density at radius 2 is 1.58 bits per heavy atom. The Labute approximate surface area is 223 Å². The molecule has 0 aliphatic carbocycles. The SMILES string of the molecule is CC(C)(C)OC(=O)N(CCCC[C@H](NC(=O)OCc1ccccc1)C(=O)O)Cc1ccc2ccccc2c1. The van der Waals surface area contributed by atoms with Gasteiger partial charge in [0, 0.05) is 13.1 Å². The van der Waals surface area contributed by atoms with Crippen LogP contribution >= 0.6 is 0 Å². The van der Waals surface area contributed by atoms with Gasteiger partial charge in [-0.3, -0.25) is 0 Å². The van der Waals surface area contributed by atoms with Gasteiger partial charge in [-0.1, -0.05) is 66.7 Å². The summed E-state index contributed by atoms with van der Waals surface area (Å²) in [6.45, 7) is 6.26. The molecule has 2 amide bonds. The van der Waals surface area contributed by atoms with Crippen LogP contribution in [0.4, 0.5) is 9.59 Å². The Hall–Kier alpha value is -4.07. The van der Waals surface area contributed by atoms with Crippen molar-refractivity contribution in [3.05, 3.63) is 83.9 Å².